The van der Waals surface area contributed by atoms with E-state index in [2.05, 4.69) is 10.2 Å². The van der Waals surface area contributed by atoms with Crippen LogP contribution in [0.1, 0.15) is 25.0 Å². The lowest BCUT2D eigenvalue weighted by Gasteiger charge is -2.21. The van der Waals surface area contributed by atoms with Crippen LogP contribution >= 0.6 is 0 Å². The molecule has 1 fully saturated rings. The van der Waals surface area contributed by atoms with Gasteiger partial charge in [0.2, 0.25) is 0 Å². The Morgan fingerprint density at radius 1 is 1.29 bits per heavy atom. The fraction of sp³-hybridized carbons (Fsp3) is 0.600. The Balaban J connectivity index is 2.17. The van der Waals surface area contributed by atoms with Crippen molar-refractivity contribution in [3.63, 3.8) is 0 Å². The van der Waals surface area contributed by atoms with E-state index >= 15 is 0 Å². The lowest BCUT2D eigenvalue weighted by Crippen LogP contribution is -2.30. The van der Waals surface area contributed by atoms with Crippen LogP contribution in [0.15, 0.2) is 6.07 Å². The van der Waals surface area contributed by atoms with Crippen molar-refractivity contribution >= 4 is 21.3 Å². The second-order valence-electron chi connectivity index (χ2n) is 4.37. The van der Waals surface area contributed by atoms with E-state index in [0.29, 0.717) is 24.2 Å². The monoisotopic (exact) mass is 256 g/mol. The fourth-order valence-corrected chi connectivity index (χ4v) is 3.93. The van der Waals surface area contributed by atoms with Crippen molar-refractivity contribution in [1.29, 1.82) is 0 Å². The topological polar surface area (TPSA) is 112 Å². The first kappa shape index (κ1) is 12.1. The van der Waals surface area contributed by atoms with Gasteiger partial charge in [0.1, 0.15) is 0 Å². The van der Waals surface area contributed by atoms with Crippen LogP contribution in [-0.4, -0.2) is 29.6 Å². The van der Waals surface area contributed by atoms with E-state index in [1.165, 1.54) is 0 Å². The normalized spacial score (nSPS) is 23.4. The number of hydrogen-bond acceptors (Lipinski definition) is 6. The van der Waals surface area contributed by atoms with Crippen LogP contribution in [0.3, 0.4) is 0 Å². The van der Waals surface area contributed by atoms with Crippen molar-refractivity contribution < 1.29 is 8.42 Å². The Morgan fingerprint density at radius 3 is 2.71 bits per heavy atom. The van der Waals surface area contributed by atoms with Gasteiger partial charge in [-0.1, -0.05) is 6.42 Å². The molecule has 0 bridgehead atoms. The van der Waals surface area contributed by atoms with Gasteiger partial charge >= 0.3 is 0 Å². The van der Waals surface area contributed by atoms with E-state index in [9.17, 15) is 8.42 Å². The number of rotatable bonds is 2. The molecule has 94 valence electrons. The molecule has 1 saturated heterocycles. The third-order valence-electron chi connectivity index (χ3n) is 3.05. The zero-order valence-electron chi connectivity index (χ0n) is 9.46. The van der Waals surface area contributed by atoms with Crippen LogP contribution in [-0.2, 0) is 16.3 Å². The van der Waals surface area contributed by atoms with Crippen molar-refractivity contribution in [2.45, 2.75) is 30.9 Å². The summed E-state index contributed by atoms with van der Waals surface area (Å²) in [5, 5.41) is 7.23. The summed E-state index contributed by atoms with van der Waals surface area (Å²) in [5.74, 6) is 0.454. The fourth-order valence-electron chi connectivity index (χ4n) is 2.04. The summed E-state index contributed by atoms with van der Waals surface area (Å²) in [6, 6.07) is 1.60. The van der Waals surface area contributed by atoms with Crippen molar-refractivity contribution in [2.24, 2.45) is 0 Å². The molecule has 0 amide bonds. The number of aromatic nitrogens is 2. The Bertz CT molecular complexity index is 515. The standard InChI is InChI=1S/C10H16N4O2S/c11-9-6-7(13-14-10(9)12)5-8-3-1-2-4-17(8,15)16/h6,8H,1-5H2,(H2,11,13)(H2,12,14). The number of anilines is 2. The summed E-state index contributed by atoms with van der Waals surface area (Å²) < 4.78 is 23.7. The predicted octanol–water partition coefficient (Wildman–Crippen LogP) is 0.151. The molecular weight excluding hydrogens is 240 g/mol. The number of nitrogens with zero attached hydrogens (tertiary/aromatic N) is 2. The molecule has 0 saturated carbocycles. The van der Waals surface area contributed by atoms with Crippen molar-refractivity contribution in [3.05, 3.63) is 11.8 Å². The molecule has 0 radical (unpaired) electrons. The van der Waals surface area contributed by atoms with Gasteiger partial charge in [-0.25, -0.2) is 8.42 Å². The molecule has 2 heterocycles. The van der Waals surface area contributed by atoms with E-state index in [-0.39, 0.29) is 16.8 Å². The molecule has 7 heteroatoms. The van der Waals surface area contributed by atoms with Gasteiger partial charge in [-0.05, 0) is 18.9 Å². The van der Waals surface area contributed by atoms with E-state index in [1.54, 1.807) is 6.07 Å². The molecule has 1 unspecified atom stereocenters. The van der Waals surface area contributed by atoms with Crippen LogP contribution < -0.4 is 11.5 Å². The minimum Gasteiger partial charge on any atom is -0.396 e. The summed E-state index contributed by atoms with van der Waals surface area (Å²) in [5.41, 5.74) is 12.0. The van der Waals surface area contributed by atoms with Crippen LogP contribution in [0, 0.1) is 0 Å². The van der Waals surface area contributed by atoms with Crippen molar-refractivity contribution in [1.82, 2.24) is 10.2 Å². The van der Waals surface area contributed by atoms with Gasteiger partial charge in [0, 0.05) is 6.42 Å². The van der Waals surface area contributed by atoms with Gasteiger partial charge in [-0.15, -0.1) is 5.10 Å². The maximum Gasteiger partial charge on any atom is 0.169 e. The lowest BCUT2D eigenvalue weighted by atomic mass is 10.1. The van der Waals surface area contributed by atoms with Gasteiger partial charge in [0.05, 0.1) is 22.4 Å². The highest BCUT2D eigenvalue weighted by atomic mass is 32.2. The minimum absolute atomic E-state index is 0.181. The quantitative estimate of drug-likeness (QED) is 0.779. The average molecular weight is 256 g/mol. The first-order valence-electron chi connectivity index (χ1n) is 5.58. The summed E-state index contributed by atoms with van der Waals surface area (Å²) in [4.78, 5) is 0. The molecule has 1 aliphatic rings. The highest BCUT2D eigenvalue weighted by molar-refractivity contribution is 7.92. The molecule has 1 aliphatic heterocycles. The summed E-state index contributed by atoms with van der Waals surface area (Å²) in [7, 11) is -2.98. The second kappa shape index (κ2) is 4.48. The van der Waals surface area contributed by atoms with E-state index in [0.717, 1.165) is 12.8 Å². The van der Waals surface area contributed by atoms with Gasteiger partial charge in [0.15, 0.2) is 15.7 Å². The Morgan fingerprint density at radius 2 is 2.06 bits per heavy atom. The summed E-state index contributed by atoms with van der Waals surface area (Å²) >= 11 is 0. The first-order chi connectivity index (χ1) is 7.99. The largest absolute Gasteiger partial charge is 0.396 e. The van der Waals surface area contributed by atoms with Crippen LogP contribution in [0.5, 0.6) is 0 Å². The maximum absolute atomic E-state index is 11.8. The lowest BCUT2D eigenvalue weighted by molar-refractivity contribution is 0.535. The number of sulfone groups is 1. The summed E-state index contributed by atoms with van der Waals surface area (Å²) in [6.07, 6.45) is 2.77. The molecule has 6 nitrogen and oxygen atoms in total. The van der Waals surface area contributed by atoms with E-state index in [4.69, 9.17) is 11.5 Å². The smallest absolute Gasteiger partial charge is 0.169 e. The molecule has 1 aromatic heterocycles. The highest BCUT2D eigenvalue weighted by Gasteiger charge is 2.29. The number of nitrogen functional groups attached to an aromatic ring is 2. The average Bonchev–Trinajstić information content (AvgIpc) is 2.26. The third kappa shape index (κ3) is 2.66. The molecule has 0 aliphatic carbocycles. The highest BCUT2D eigenvalue weighted by Crippen LogP contribution is 2.23. The molecule has 4 N–H and O–H groups in total. The van der Waals surface area contributed by atoms with Crippen molar-refractivity contribution in [2.75, 3.05) is 17.2 Å². The van der Waals surface area contributed by atoms with Crippen LogP contribution in [0.4, 0.5) is 11.5 Å². The number of nitrogens with two attached hydrogens (primary N) is 2. The van der Waals surface area contributed by atoms with Gasteiger partial charge < -0.3 is 11.5 Å². The van der Waals surface area contributed by atoms with Crippen LogP contribution in [0.2, 0.25) is 0 Å². The maximum atomic E-state index is 11.8. The second-order valence-corrected chi connectivity index (χ2v) is 6.77. The van der Waals surface area contributed by atoms with Gasteiger partial charge in [-0.2, -0.15) is 5.10 Å². The molecular formula is C10H16N4O2S. The number of hydrogen-bond donors (Lipinski definition) is 2. The third-order valence-corrected chi connectivity index (χ3v) is 5.33. The van der Waals surface area contributed by atoms with Gasteiger partial charge in [-0.3, -0.25) is 0 Å². The van der Waals surface area contributed by atoms with E-state index in [1.807, 2.05) is 0 Å². The molecule has 17 heavy (non-hydrogen) atoms. The van der Waals surface area contributed by atoms with Crippen LogP contribution in [0.25, 0.3) is 0 Å². The van der Waals surface area contributed by atoms with Gasteiger partial charge in [0.25, 0.3) is 0 Å². The minimum atomic E-state index is -2.98. The Hall–Kier alpha value is -1.37. The van der Waals surface area contributed by atoms with Crippen molar-refractivity contribution in [3.8, 4) is 0 Å². The zero-order chi connectivity index (χ0) is 12.5. The Labute approximate surface area is 100 Å². The first-order valence-corrected chi connectivity index (χ1v) is 7.30. The molecule has 0 aromatic carbocycles. The predicted molar refractivity (Wildman–Crippen MR) is 66.0 cm³/mol. The molecule has 2 rings (SSSR count). The molecule has 1 atom stereocenters. The Kier molecular flexibility index (Phi) is 3.19. The zero-order valence-corrected chi connectivity index (χ0v) is 10.3. The SMILES string of the molecule is Nc1cc(CC2CCCCS2(=O)=O)nnc1N. The molecule has 1 aromatic rings. The molecule has 0 spiro atoms. The summed E-state index contributed by atoms with van der Waals surface area (Å²) in [6.45, 7) is 0. The van der Waals surface area contributed by atoms with E-state index < -0.39 is 9.84 Å².